The largest absolute Gasteiger partial charge is 0.352 e. The van der Waals surface area contributed by atoms with Gasteiger partial charge < -0.3 is 11.1 Å². The number of aryl methyl sites for hydroxylation is 1. The van der Waals surface area contributed by atoms with Crippen LogP contribution in [0.15, 0.2) is 43.0 Å². The van der Waals surface area contributed by atoms with Crippen LogP contribution in [0.1, 0.15) is 23.1 Å². The number of nitrogens with one attached hydrogen (secondary N) is 1. The van der Waals surface area contributed by atoms with E-state index in [2.05, 4.69) is 15.3 Å². The Morgan fingerprint density at radius 3 is 2.65 bits per heavy atom. The van der Waals surface area contributed by atoms with Gasteiger partial charge in [0.05, 0.1) is 0 Å². The molecule has 1 aromatic heterocycles. The zero-order chi connectivity index (χ0) is 14.2. The molecule has 0 radical (unpaired) electrons. The minimum Gasteiger partial charge on any atom is -0.352 e. The first-order valence-corrected chi connectivity index (χ1v) is 6.56. The fourth-order valence-corrected chi connectivity index (χ4v) is 1.87. The van der Waals surface area contributed by atoms with Crippen molar-refractivity contribution in [2.24, 2.45) is 5.73 Å². The van der Waals surface area contributed by atoms with Crippen molar-refractivity contribution in [3.05, 3.63) is 59.7 Å². The zero-order valence-electron chi connectivity index (χ0n) is 11.2. The fourth-order valence-electron chi connectivity index (χ4n) is 1.87. The Morgan fingerprint density at radius 1 is 1.15 bits per heavy atom. The molecule has 104 valence electrons. The topological polar surface area (TPSA) is 80.9 Å². The number of carbonyl (C=O) groups excluding carboxylic acids is 1. The van der Waals surface area contributed by atoms with Crippen molar-refractivity contribution in [1.29, 1.82) is 0 Å². The molecular weight excluding hydrogens is 252 g/mol. The Balaban J connectivity index is 1.77. The highest BCUT2D eigenvalue weighted by molar-refractivity contribution is 5.76. The van der Waals surface area contributed by atoms with Gasteiger partial charge in [0.25, 0.3) is 0 Å². The summed E-state index contributed by atoms with van der Waals surface area (Å²) < 4.78 is 0. The van der Waals surface area contributed by atoms with Crippen LogP contribution in [-0.2, 0) is 24.3 Å². The summed E-state index contributed by atoms with van der Waals surface area (Å²) in [6.45, 7) is 1.04. The lowest BCUT2D eigenvalue weighted by atomic mass is 10.1. The molecule has 0 spiro atoms. The van der Waals surface area contributed by atoms with E-state index in [0.29, 0.717) is 25.9 Å². The Morgan fingerprint density at radius 2 is 1.90 bits per heavy atom. The number of rotatable bonds is 6. The lowest BCUT2D eigenvalue weighted by Crippen LogP contribution is -2.23. The molecule has 0 aliphatic rings. The minimum absolute atomic E-state index is 0.0204. The third kappa shape index (κ3) is 4.44. The Kier molecular flexibility index (Phi) is 5.20. The zero-order valence-corrected chi connectivity index (χ0v) is 11.2. The summed E-state index contributed by atoms with van der Waals surface area (Å²) in [4.78, 5) is 19.6. The van der Waals surface area contributed by atoms with Crippen LogP contribution >= 0.6 is 0 Å². The molecule has 2 rings (SSSR count). The molecule has 2 aromatic rings. The lowest BCUT2D eigenvalue weighted by Gasteiger charge is -2.06. The standard InChI is InChI=1S/C15H18N4O/c16-7-12-2-1-3-13(6-12)10-19-15(20)5-4-14-8-17-11-18-9-14/h1-3,6,8-9,11H,4-5,7,10,16H2,(H,19,20). The second-order valence-electron chi connectivity index (χ2n) is 4.55. The summed E-state index contributed by atoms with van der Waals surface area (Å²) in [5.74, 6) is 0.0204. The smallest absolute Gasteiger partial charge is 0.220 e. The first kappa shape index (κ1) is 14.1. The maximum Gasteiger partial charge on any atom is 0.220 e. The maximum absolute atomic E-state index is 11.8. The van der Waals surface area contributed by atoms with Crippen LogP contribution in [-0.4, -0.2) is 15.9 Å². The molecule has 0 unspecified atom stereocenters. The summed E-state index contributed by atoms with van der Waals surface area (Å²) in [6.07, 6.45) is 6.02. The number of hydrogen-bond acceptors (Lipinski definition) is 4. The molecule has 1 aromatic carbocycles. The summed E-state index contributed by atoms with van der Waals surface area (Å²) in [5.41, 5.74) is 8.68. The van der Waals surface area contributed by atoms with E-state index in [9.17, 15) is 4.79 Å². The molecule has 0 atom stereocenters. The summed E-state index contributed by atoms with van der Waals surface area (Å²) in [7, 11) is 0. The predicted octanol–water partition coefficient (Wildman–Crippen LogP) is 1.18. The van der Waals surface area contributed by atoms with Crippen molar-refractivity contribution in [3.63, 3.8) is 0 Å². The van der Waals surface area contributed by atoms with Crippen LogP contribution in [0.25, 0.3) is 0 Å². The van der Waals surface area contributed by atoms with E-state index in [1.54, 1.807) is 12.4 Å². The number of amides is 1. The molecule has 0 aliphatic heterocycles. The molecule has 0 saturated heterocycles. The third-order valence-corrected chi connectivity index (χ3v) is 2.97. The maximum atomic E-state index is 11.8. The summed E-state index contributed by atoms with van der Waals surface area (Å²) >= 11 is 0. The SMILES string of the molecule is NCc1cccc(CNC(=O)CCc2cncnc2)c1. The van der Waals surface area contributed by atoms with Crippen LogP contribution in [0.5, 0.6) is 0 Å². The molecule has 0 saturated carbocycles. The number of nitrogens with two attached hydrogens (primary N) is 1. The normalized spacial score (nSPS) is 10.2. The van der Waals surface area contributed by atoms with Gasteiger partial charge >= 0.3 is 0 Å². The molecule has 5 nitrogen and oxygen atoms in total. The number of nitrogens with zero attached hydrogens (tertiary/aromatic N) is 2. The second-order valence-corrected chi connectivity index (χ2v) is 4.55. The van der Waals surface area contributed by atoms with Crippen LogP contribution in [0.4, 0.5) is 0 Å². The molecule has 3 N–H and O–H groups in total. The van der Waals surface area contributed by atoms with E-state index in [1.165, 1.54) is 6.33 Å². The third-order valence-electron chi connectivity index (χ3n) is 2.97. The van der Waals surface area contributed by atoms with Gasteiger partial charge in [-0.25, -0.2) is 9.97 Å². The quantitative estimate of drug-likeness (QED) is 0.826. The molecule has 1 amide bonds. The Labute approximate surface area is 118 Å². The fraction of sp³-hybridized carbons (Fsp3) is 0.267. The highest BCUT2D eigenvalue weighted by Crippen LogP contribution is 2.04. The summed E-state index contributed by atoms with van der Waals surface area (Å²) in [5, 5.41) is 2.90. The highest BCUT2D eigenvalue weighted by Gasteiger charge is 2.03. The average molecular weight is 270 g/mol. The Hall–Kier alpha value is -2.27. The van der Waals surface area contributed by atoms with Gasteiger partial charge in [-0.1, -0.05) is 24.3 Å². The van der Waals surface area contributed by atoms with Gasteiger partial charge in [-0.15, -0.1) is 0 Å². The molecule has 20 heavy (non-hydrogen) atoms. The monoisotopic (exact) mass is 270 g/mol. The van der Waals surface area contributed by atoms with Gasteiger partial charge in [-0.05, 0) is 23.1 Å². The van der Waals surface area contributed by atoms with Crippen LogP contribution in [0.2, 0.25) is 0 Å². The molecule has 0 bridgehead atoms. The van der Waals surface area contributed by atoms with E-state index in [1.807, 2.05) is 24.3 Å². The molecular formula is C15H18N4O. The number of hydrogen-bond donors (Lipinski definition) is 2. The van der Waals surface area contributed by atoms with Gasteiger partial charge in [0.1, 0.15) is 6.33 Å². The van der Waals surface area contributed by atoms with Gasteiger partial charge in [0.2, 0.25) is 5.91 Å². The van der Waals surface area contributed by atoms with Crippen molar-refractivity contribution < 1.29 is 4.79 Å². The lowest BCUT2D eigenvalue weighted by molar-refractivity contribution is -0.121. The van der Waals surface area contributed by atoms with Crippen LogP contribution < -0.4 is 11.1 Å². The van der Waals surface area contributed by atoms with Crippen molar-refractivity contribution in [1.82, 2.24) is 15.3 Å². The van der Waals surface area contributed by atoms with Gasteiger partial charge in [0, 0.05) is 31.9 Å². The number of benzene rings is 1. The van der Waals surface area contributed by atoms with E-state index in [-0.39, 0.29) is 5.91 Å². The Bertz CT molecular complexity index is 557. The minimum atomic E-state index is 0.0204. The molecule has 1 heterocycles. The molecule has 0 aliphatic carbocycles. The highest BCUT2D eigenvalue weighted by atomic mass is 16.1. The summed E-state index contributed by atoms with van der Waals surface area (Å²) in [6, 6.07) is 7.90. The molecule has 0 fully saturated rings. The average Bonchev–Trinajstić information content (AvgIpc) is 2.52. The predicted molar refractivity (Wildman–Crippen MR) is 76.5 cm³/mol. The first-order valence-electron chi connectivity index (χ1n) is 6.56. The van der Waals surface area contributed by atoms with E-state index >= 15 is 0 Å². The molecule has 5 heteroatoms. The van der Waals surface area contributed by atoms with E-state index in [4.69, 9.17) is 5.73 Å². The van der Waals surface area contributed by atoms with Crippen molar-refractivity contribution >= 4 is 5.91 Å². The van der Waals surface area contributed by atoms with Gasteiger partial charge in [-0.2, -0.15) is 0 Å². The first-order chi connectivity index (χ1) is 9.78. The van der Waals surface area contributed by atoms with E-state index in [0.717, 1.165) is 16.7 Å². The van der Waals surface area contributed by atoms with Crippen LogP contribution in [0.3, 0.4) is 0 Å². The van der Waals surface area contributed by atoms with Gasteiger partial charge in [-0.3, -0.25) is 4.79 Å². The van der Waals surface area contributed by atoms with Crippen molar-refractivity contribution in [3.8, 4) is 0 Å². The van der Waals surface area contributed by atoms with Gasteiger partial charge in [0.15, 0.2) is 0 Å². The van der Waals surface area contributed by atoms with E-state index < -0.39 is 0 Å². The number of aromatic nitrogens is 2. The van der Waals surface area contributed by atoms with Crippen LogP contribution in [0, 0.1) is 0 Å². The number of carbonyl (C=O) groups is 1. The van der Waals surface area contributed by atoms with Crippen molar-refractivity contribution in [2.45, 2.75) is 25.9 Å². The van der Waals surface area contributed by atoms with Crippen molar-refractivity contribution in [2.75, 3.05) is 0 Å². The second kappa shape index (κ2) is 7.35.